The van der Waals surface area contributed by atoms with Gasteiger partial charge >= 0.3 is 0 Å². The summed E-state index contributed by atoms with van der Waals surface area (Å²) in [5, 5.41) is 15.0. The van der Waals surface area contributed by atoms with Crippen molar-refractivity contribution in [1.82, 2.24) is 9.97 Å². The number of benzene rings is 1. The molecule has 2 aromatic heterocycles. The lowest BCUT2D eigenvalue weighted by atomic mass is 9.99. The first-order chi connectivity index (χ1) is 11.7. The summed E-state index contributed by atoms with van der Waals surface area (Å²) in [6.07, 6.45) is 4.92. The number of aromatic nitrogens is 2. The maximum Gasteiger partial charge on any atom is 0.238 e. The summed E-state index contributed by atoms with van der Waals surface area (Å²) in [6, 6.07) is 10.3. The van der Waals surface area contributed by atoms with Gasteiger partial charge in [-0.3, -0.25) is 9.78 Å². The molecule has 1 aromatic carbocycles. The smallest absolute Gasteiger partial charge is 0.238 e. The van der Waals surface area contributed by atoms with E-state index in [-0.39, 0.29) is 5.91 Å². The van der Waals surface area contributed by atoms with Gasteiger partial charge in [-0.25, -0.2) is 4.98 Å². The summed E-state index contributed by atoms with van der Waals surface area (Å²) in [5.74, 6) is -0.842. The summed E-state index contributed by atoms with van der Waals surface area (Å²) in [6.45, 7) is 0. The molecule has 118 valence electrons. The topological polar surface area (TPSA) is 78.7 Å². The molecule has 3 aromatic rings. The second kappa shape index (κ2) is 7.21. The quantitative estimate of drug-likeness (QED) is 0.772. The fraction of sp³-hybridized carbons (Fsp3) is 0.0588. The van der Waals surface area contributed by atoms with Crippen LogP contribution in [0.15, 0.2) is 54.3 Å². The zero-order chi connectivity index (χ0) is 16.9. The van der Waals surface area contributed by atoms with E-state index in [1.165, 1.54) is 17.4 Å². The number of nitrogens with one attached hydrogen (secondary N) is 1. The molecular weight excluding hydrogens is 344 g/mol. The molecule has 3 rings (SSSR count). The highest BCUT2D eigenvalue weighted by Crippen LogP contribution is 2.28. The Morgan fingerprint density at radius 1 is 1.25 bits per heavy atom. The first-order valence-electron chi connectivity index (χ1n) is 6.99. The van der Waals surface area contributed by atoms with Crippen LogP contribution in [0.3, 0.4) is 0 Å². The molecule has 5 nitrogen and oxygen atoms in total. The van der Waals surface area contributed by atoms with E-state index in [0.29, 0.717) is 21.3 Å². The number of anilines is 1. The highest BCUT2D eigenvalue weighted by atomic mass is 35.5. The number of hydrogen-bond acceptors (Lipinski definition) is 5. The molecule has 0 fully saturated rings. The van der Waals surface area contributed by atoms with Gasteiger partial charge in [0.2, 0.25) is 5.91 Å². The van der Waals surface area contributed by atoms with E-state index in [2.05, 4.69) is 15.3 Å². The van der Waals surface area contributed by atoms with Crippen molar-refractivity contribution in [2.45, 2.75) is 5.92 Å². The summed E-state index contributed by atoms with van der Waals surface area (Å²) >= 11 is 7.29. The summed E-state index contributed by atoms with van der Waals surface area (Å²) < 4.78 is 0. The molecule has 1 N–H and O–H groups in total. The van der Waals surface area contributed by atoms with E-state index in [1.54, 1.807) is 42.9 Å². The lowest BCUT2D eigenvalue weighted by molar-refractivity contribution is -0.116. The Hall–Kier alpha value is -2.75. The minimum absolute atomic E-state index is 0.269. The molecule has 1 unspecified atom stereocenters. The molecule has 1 amide bonds. The number of amides is 1. The maximum absolute atomic E-state index is 12.9. The Labute approximate surface area is 147 Å². The van der Waals surface area contributed by atoms with Crippen molar-refractivity contribution in [3.63, 3.8) is 0 Å². The molecule has 0 saturated heterocycles. The van der Waals surface area contributed by atoms with Crippen molar-refractivity contribution in [2.75, 3.05) is 5.32 Å². The zero-order valence-electron chi connectivity index (χ0n) is 12.3. The number of nitrogens with zero attached hydrogens (tertiary/aromatic N) is 3. The van der Waals surface area contributed by atoms with Crippen LogP contribution in [0.4, 0.5) is 5.69 Å². The van der Waals surface area contributed by atoms with Gasteiger partial charge in [-0.05, 0) is 35.9 Å². The van der Waals surface area contributed by atoms with Gasteiger partial charge < -0.3 is 5.32 Å². The molecule has 0 aliphatic heterocycles. The number of halogens is 1. The lowest BCUT2D eigenvalue weighted by Crippen LogP contribution is -2.22. The van der Waals surface area contributed by atoms with E-state index in [0.717, 1.165) is 5.56 Å². The summed E-state index contributed by atoms with van der Waals surface area (Å²) in [5.41, 5.74) is 1.51. The van der Waals surface area contributed by atoms with Crippen LogP contribution in [-0.2, 0) is 4.79 Å². The maximum atomic E-state index is 12.9. The van der Waals surface area contributed by atoms with Crippen molar-refractivity contribution in [3.8, 4) is 6.07 Å². The first-order valence-corrected chi connectivity index (χ1v) is 8.24. The summed E-state index contributed by atoms with van der Waals surface area (Å²) in [7, 11) is 0. The molecule has 0 bridgehead atoms. The van der Waals surface area contributed by atoms with Gasteiger partial charge in [-0.1, -0.05) is 11.6 Å². The minimum atomic E-state index is -0.574. The van der Waals surface area contributed by atoms with Crippen LogP contribution >= 0.6 is 22.9 Å². The van der Waals surface area contributed by atoms with Crippen molar-refractivity contribution >= 4 is 34.5 Å². The van der Waals surface area contributed by atoms with Gasteiger partial charge in [-0.15, -0.1) is 11.3 Å². The zero-order valence-corrected chi connectivity index (χ0v) is 13.9. The minimum Gasteiger partial charge on any atom is -0.324 e. The molecule has 0 aliphatic rings. The number of hydrogen-bond donors (Lipinski definition) is 1. The highest BCUT2D eigenvalue weighted by Gasteiger charge is 2.25. The first kappa shape index (κ1) is 16.1. The molecule has 0 spiro atoms. The second-order valence-corrected chi connectivity index (χ2v) is 6.24. The van der Waals surface area contributed by atoms with Gasteiger partial charge in [-0.2, -0.15) is 5.26 Å². The van der Waals surface area contributed by atoms with Crippen molar-refractivity contribution < 1.29 is 4.79 Å². The molecule has 2 heterocycles. The van der Waals surface area contributed by atoms with Crippen LogP contribution in [0.5, 0.6) is 0 Å². The third kappa shape index (κ3) is 3.43. The Morgan fingerprint density at radius 3 is 2.71 bits per heavy atom. The standard InChI is InChI=1S/C17H11ClN4OS/c18-13-1-2-14(12(9-13)10-19)22-16(23)15(17-21-7-8-24-17)11-3-5-20-6-4-11/h1-9,15H,(H,22,23). The summed E-state index contributed by atoms with van der Waals surface area (Å²) in [4.78, 5) is 21.1. The number of carbonyl (C=O) groups is 1. The second-order valence-electron chi connectivity index (χ2n) is 4.87. The molecule has 24 heavy (non-hydrogen) atoms. The van der Waals surface area contributed by atoms with E-state index in [4.69, 9.17) is 11.6 Å². The highest BCUT2D eigenvalue weighted by molar-refractivity contribution is 7.09. The van der Waals surface area contributed by atoms with Crippen LogP contribution in [0.1, 0.15) is 22.1 Å². The van der Waals surface area contributed by atoms with Crippen LogP contribution in [-0.4, -0.2) is 15.9 Å². The fourth-order valence-electron chi connectivity index (χ4n) is 2.26. The average molecular weight is 355 g/mol. The van der Waals surface area contributed by atoms with Gasteiger partial charge in [0.15, 0.2) is 0 Å². The van der Waals surface area contributed by atoms with Crippen molar-refractivity contribution in [3.05, 3.63) is 75.5 Å². The van der Waals surface area contributed by atoms with Gasteiger partial charge in [0.05, 0.1) is 11.3 Å². The molecule has 0 saturated carbocycles. The van der Waals surface area contributed by atoms with Crippen LogP contribution in [0.2, 0.25) is 5.02 Å². The molecule has 0 radical (unpaired) electrons. The lowest BCUT2D eigenvalue weighted by Gasteiger charge is -2.15. The van der Waals surface area contributed by atoms with E-state index >= 15 is 0 Å². The van der Waals surface area contributed by atoms with Gasteiger partial charge in [0, 0.05) is 29.0 Å². The third-order valence-electron chi connectivity index (χ3n) is 3.36. The Balaban J connectivity index is 1.95. The van der Waals surface area contributed by atoms with Crippen molar-refractivity contribution in [2.24, 2.45) is 0 Å². The number of carbonyl (C=O) groups excluding carboxylic acids is 1. The van der Waals surface area contributed by atoms with Gasteiger partial charge in [0.1, 0.15) is 17.0 Å². The third-order valence-corrected chi connectivity index (χ3v) is 4.44. The van der Waals surface area contributed by atoms with Crippen LogP contribution in [0.25, 0.3) is 0 Å². The van der Waals surface area contributed by atoms with Crippen LogP contribution < -0.4 is 5.32 Å². The Morgan fingerprint density at radius 2 is 2.04 bits per heavy atom. The number of rotatable bonds is 4. The molecule has 0 aliphatic carbocycles. The fourth-order valence-corrected chi connectivity index (χ4v) is 3.20. The van der Waals surface area contributed by atoms with Gasteiger partial charge in [0.25, 0.3) is 0 Å². The Bertz CT molecular complexity index is 891. The average Bonchev–Trinajstić information content (AvgIpc) is 3.11. The predicted octanol–water partition coefficient (Wildman–Crippen LogP) is 3.83. The monoisotopic (exact) mass is 354 g/mol. The Kier molecular flexibility index (Phi) is 4.85. The van der Waals surface area contributed by atoms with Crippen molar-refractivity contribution in [1.29, 1.82) is 5.26 Å². The van der Waals surface area contributed by atoms with E-state index in [9.17, 15) is 10.1 Å². The molecular formula is C17H11ClN4OS. The number of thiazole rings is 1. The molecule has 7 heteroatoms. The number of nitriles is 1. The SMILES string of the molecule is N#Cc1cc(Cl)ccc1NC(=O)C(c1ccncc1)c1nccs1. The largest absolute Gasteiger partial charge is 0.324 e. The molecule has 1 atom stereocenters. The van der Waals surface area contributed by atoms with Crippen LogP contribution in [0, 0.1) is 11.3 Å². The van der Waals surface area contributed by atoms with E-state index < -0.39 is 5.92 Å². The normalized spacial score (nSPS) is 11.5. The van der Waals surface area contributed by atoms with E-state index in [1.807, 2.05) is 11.4 Å². The predicted molar refractivity (Wildman–Crippen MR) is 93.0 cm³/mol. The number of pyridine rings is 1.